The summed E-state index contributed by atoms with van der Waals surface area (Å²) in [6, 6.07) is 14.0. The molecule has 0 amide bonds. The molecule has 0 saturated heterocycles. The Kier molecular flexibility index (Phi) is 5.18. The third-order valence-corrected chi connectivity index (χ3v) is 3.44. The monoisotopic (exact) mass is 348 g/mol. The normalized spacial score (nSPS) is 11.5. The number of benzene rings is 2. The van der Waals surface area contributed by atoms with Gasteiger partial charge in [0.05, 0.1) is 6.04 Å². The van der Waals surface area contributed by atoms with Crippen LogP contribution in [0.15, 0.2) is 46.9 Å². The van der Waals surface area contributed by atoms with Gasteiger partial charge in [-0.15, -0.1) is 0 Å². The molecule has 2 rings (SSSR count). The predicted molar refractivity (Wildman–Crippen MR) is 83.7 cm³/mol. The van der Waals surface area contributed by atoms with Crippen molar-refractivity contribution in [1.29, 1.82) is 5.26 Å². The Balaban J connectivity index is 2.12. The van der Waals surface area contributed by atoms with E-state index in [1.54, 1.807) is 18.2 Å². The Morgan fingerprint density at radius 3 is 2.86 bits per heavy atom. The molecule has 0 radical (unpaired) electrons. The van der Waals surface area contributed by atoms with Crippen LogP contribution in [0.25, 0.3) is 0 Å². The number of nitrogens with zero attached hydrogens (tertiary/aromatic N) is 1. The van der Waals surface area contributed by atoms with E-state index < -0.39 is 0 Å². The molecule has 0 heterocycles. The molecule has 2 aromatic rings. The Hall–Kier alpha value is -2.06. The molecule has 0 aliphatic heterocycles. The molecule has 3 nitrogen and oxygen atoms in total. The molecule has 1 atom stereocenters. The number of rotatable bonds is 5. The van der Waals surface area contributed by atoms with Crippen LogP contribution in [0.1, 0.15) is 18.5 Å². The minimum atomic E-state index is -0.263. The molecule has 1 N–H and O–H groups in total. The van der Waals surface area contributed by atoms with E-state index in [0.29, 0.717) is 15.8 Å². The van der Waals surface area contributed by atoms with Crippen molar-refractivity contribution in [2.24, 2.45) is 0 Å². The zero-order chi connectivity index (χ0) is 15.2. The first-order valence-corrected chi connectivity index (χ1v) is 7.21. The van der Waals surface area contributed by atoms with Crippen LogP contribution < -0.4 is 10.1 Å². The zero-order valence-corrected chi connectivity index (χ0v) is 13.0. The number of nitriles is 1. The van der Waals surface area contributed by atoms with Gasteiger partial charge in [0.1, 0.15) is 17.6 Å². The van der Waals surface area contributed by atoms with Crippen molar-refractivity contribution in [3.05, 3.63) is 58.3 Å². The molecule has 0 fully saturated rings. The number of nitrogens with one attached hydrogen (secondary N) is 1. The lowest BCUT2D eigenvalue weighted by molar-refractivity contribution is 0.368. The number of hydrogen-bond donors (Lipinski definition) is 1. The van der Waals surface area contributed by atoms with Crippen molar-refractivity contribution >= 4 is 21.6 Å². The van der Waals surface area contributed by atoms with E-state index in [1.165, 1.54) is 6.07 Å². The van der Waals surface area contributed by atoms with Crippen LogP contribution in [0.3, 0.4) is 0 Å². The lowest BCUT2D eigenvalue weighted by atomic mass is 10.1. The Bertz CT molecular complexity index is 670. The average molecular weight is 349 g/mol. The van der Waals surface area contributed by atoms with Crippen LogP contribution in [0, 0.1) is 17.1 Å². The number of ether oxygens (including phenoxy) is 1. The summed E-state index contributed by atoms with van der Waals surface area (Å²) in [6.07, 6.45) is 0. The van der Waals surface area contributed by atoms with Crippen molar-refractivity contribution < 1.29 is 9.13 Å². The SMILES string of the molecule is CC(Nc1cccc(OCC#N)c1)c1ccc(Br)cc1F. The molecule has 0 saturated carbocycles. The highest BCUT2D eigenvalue weighted by molar-refractivity contribution is 9.10. The largest absolute Gasteiger partial charge is 0.479 e. The standard InChI is InChI=1S/C16H14BrFN2O/c1-11(15-6-5-12(17)9-16(15)18)20-13-3-2-4-14(10-13)21-8-7-19/h2-6,9-11,20H,8H2,1H3. The molecule has 0 bridgehead atoms. The van der Waals surface area contributed by atoms with Crippen LogP contribution >= 0.6 is 15.9 Å². The summed E-state index contributed by atoms with van der Waals surface area (Å²) in [4.78, 5) is 0. The van der Waals surface area contributed by atoms with Crippen molar-refractivity contribution in [2.75, 3.05) is 11.9 Å². The van der Waals surface area contributed by atoms with Crippen LogP contribution in [-0.2, 0) is 0 Å². The van der Waals surface area contributed by atoms with Gasteiger partial charge in [0.25, 0.3) is 0 Å². The summed E-state index contributed by atoms with van der Waals surface area (Å²) in [5.74, 6) is 0.339. The van der Waals surface area contributed by atoms with E-state index in [4.69, 9.17) is 10.00 Å². The lowest BCUT2D eigenvalue weighted by Gasteiger charge is -2.17. The second-order valence-electron chi connectivity index (χ2n) is 4.51. The van der Waals surface area contributed by atoms with Gasteiger partial charge in [0, 0.05) is 21.8 Å². The molecule has 1 unspecified atom stereocenters. The first-order chi connectivity index (χ1) is 10.1. The second kappa shape index (κ2) is 7.09. The van der Waals surface area contributed by atoms with Gasteiger partial charge in [-0.05, 0) is 31.2 Å². The molecule has 0 aliphatic carbocycles. The maximum Gasteiger partial charge on any atom is 0.174 e. The molecule has 21 heavy (non-hydrogen) atoms. The van der Waals surface area contributed by atoms with E-state index >= 15 is 0 Å². The highest BCUT2D eigenvalue weighted by Gasteiger charge is 2.11. The molecule has 0 aliphatic rings. The number of anilines is 1. The van der Waals surface area contributed by atoms with Gasteiger partial charge in [0.15, 0.2) is 6.61 Å². The lowest BCUT2D eigenvalue weighted by Crippen LogP contribution is -2.08. The molecule has 108 valence electrons. The topological polar surface area (TPSA) is 45.0 Å². The highest BCUT2D eigenvalue weighted by atomic mass is 79.9. The fourth-order valence-corrected chi connectivity index (χ4v) is 2.30. The Morgan fingerprint density at radius 1 is 1.33 bits per heavy atom. The summed E-state index contributed by atoms with van der Waals surface area (Å²) in [5.41, 5.74) is 1.39. The van der Waals surface area contributed by atoms with Crippen molar-refractivity contribution in [1.82, 2.24) is 0 Å². The van der Waals surface area contributed by atoms with Gasteiger partial charge in [-0.1, -0.05) is 28.1 Å². The molecular weight excluding hydrogens is 335 g/mol. The van der Waals surface area contributed by atoms with E-state index in [-0.39, 0.29) is 18.5 Å². The number of hydrogen-bond acceptors (Lipinski definition) is 3. The van der Waals surface area contributed by atoms with Gasteiger partial charge in [-0.2, -0.15) is 5.26 Å². The number of halogens is 2. The molecule has 5 heteroatoms. The van der Waals surface area contributed by atoms with E-state index in [0.717, 1.165) is 5.69 Å². The van der Waals surface area contributed by atoms with Gasteiger partial charge in [-0.3, -0.25) is 0 Å². The maximum absolute atomic E-state index is 13.9. The van der Waals surface area contributed by atoms with Gasteiger partial charge >= 0.3 is 0 Å². The van der Waals surface area contributed by atoms with Crippen LogP contribution in [0.4, 0.5) is 10.1 Å². The summed E-state index contributed by atoms with van der Waals surface area (Å²) < 4.78 is 19.9. The summed E-state index contributed by atoms with van der Waals surface area (Å²) >= 11 is 3.24. The minimum Gasteiger partial charge on any atom is -0.479 e. The third kappa shape index (κ3) is 4.20. The highest BCUT2D eigenvalue weighted by Crippen LogP contribution is 2.26. The third-order valence-electron chi connectivity index (χ3n) is 2.95. The summed E-state index contributed by atoms with van der Waals surface area (Å²) in [5, 5.41) is 11.7. The van der Waals surface area contributed by atoms with Crippen LogP contribution in [0.2, 0.25) is 0 Å². The smallest absolute Gasteiger partial charge is 0.174 e. The first kappa shape index (κ1) is 15.3. The van der Waals surface area contributed by atoms with Gasteiger partial charge < -0.3 is 10.1 Å². The Labute approximate surface area is 131 Å². The van der Waals surface area contributed by atoms with Crippen molar-refractivity contribution in [3.8, 4) is 11.8 Å². The average Bonchev–Trinajstić information content (AvgIpc) is 2.45. The van der Waals surface area contributed by atoms with E-state index in [1.807, 2.05) is 31.2 Å². The molecule has 0 aromatic heterocycles. The van der Waals surface area contributed by atoms with Gasteiger partial charge in [-0.25, -0.2) is 4.39 Å². The fourth-order valence-electron chi connectivity index (χ4n) is 1.97. The van der Waals surface area contributed by atoms with Crippen molar-refractivity contribution in [2.45, 2.75) is 13.0 Å². The second-order valence-corrected chi connectivity index (χ2v) is 5.42. The molecule has 0 spiro atoms. The van der Waals surface area contributed by atoms with Gasteiger partial charge in [0.2, 0.25) is 0 Å². The van der Waals surface area contributed by atoms with Crippen molar-refractivity contribution in [3.63, 3.8) is 0 Å². The van der Waals surface area contributed by atoms with Crippen LogP contribution in [0.5, 0.6) is 5.75 Å². The predicted octanol–water partition coefficient (Wildman–Crippen LogP) is 4.66. The van der Waals surface area contributed by atoms with E-state index in [2.05, 4.69) is 21.2 Å². The zero-order valence-electron chi connectivity index (χ0n) is 11.4. The molecular formula is C16H14BrFN2O. The maximum atomic E-state index is 13.9. The summed E-state index contributed by atoms with van der Waals surface area (Å²) in [7, 11) is 0. The quantitative estimate of drug-likeness (QED) is 0.854. The molecule has 2 aromatic carbocycles. The van der Waals surface area contributed by atoms with Crippen LogP contribution in [-0.4, -0.2) is 6.61 Å². The first-order valence-electron chi connectivity index (χ1n) is 6.41. The Morgan fingerprint density at radius 2 is 2.14 bits per heavy atom. The minimum absolute atomic E-state index is 0.000344. The van der Waals surface area contributed by atoms with E-state index in [9.17, 15) is 4.39 Å². The summed E-state index contributed by atoms with van der Waals surface area (Å²) in [6.45, 7) is 1.88. The fraction of sp³-hybridized carbons (Fsp3) is 0.188.